The Morgan fingerprint density at radius 1 is 1.40 bits per heavy atom. The summed E-state index contributed by atoms with van der Waals surface area (Å²) in [7, 11) is 2.09. The van der Waals surface area contributed by atoms with Crippen LogP contribution >= 0.6 is 11.3 Å². The Kier molecular flexibility index (Phi) is 3.01. The molecular weight excluding hydrogens is 340 g/mol. The first kappa shape index (κ1) is 14.6. The molecule has 0 unspecified atom stereocenters. The lowest BCUT2D eigenvalue weighted by atomic mass is 10.1. The number of carbonyl (C=O) groups is 1. The van der Waals surface area contributed by atoms with E-state index in [4.69, 9.17) is 9.40 Å². The summed E-state index contributed by atoms with van der Waals surface area (Å²) in [4.78, 5) is 34.9. The first-order valence-corrected chi connectivity index (χ1v) is 8.75. The van der Waals surface area contributed by atoms with Gasteiger partial charge < -0.3 is 9.32 Å². The second-order valence-electron chi connectivity index (χ2n) is 6.27. The van der Waals surface area contributed by atoms with Crippen molar-refractivity contribution in [3.63, 3.8) is 0 Å². The molecule has 0 aliphatic carbocycles. The first-order chi connectivity index (χ1) is 12.1. The molecule has 0 radical (unpaired) electrons. The van der Waals surface area contributed by atoms with Crippen molar-refractivity contribution >= 4 is 33.7 Å². The van der Waals surface area contributed by atoms with Gasteiger partial charge in [0.05, 0.1) is 5.52 Å². The predicted octanol–water partition coefficient (Wildman–Crippen LogP) is 2.30. The largest absolute Gasteiger partial charge is 0.417 e. The predicted molar refractivity (Wildman–Crippen MR) is 94.3 cm³/mol. The van der Waals surface area contributed by atoms with Gasteiger partial charge in [-0.25, -0.2) is 9.78 Å². The average molecular weight is 354 g/mol. The lowest BCUT2D eigenvalue weighted by Gasteiger charge is -2.21. The van der Waals surface area contributed by atoms with Gasteiger partial charge in [0, 0.05) is 35.6 Å². The summed E-state index contributed by atoms with van der Waals surface area (Å²) >= 11 is 1.63. The Morgan fingerprint density at radius 2 is 2.28 bits per heavy atom. The summed E-state index contributed by atoms with van der Waals surface area (Å²) in [6.07, 6.45) is 1.76. The Balaban J connectivity index is 1.74. The fourth-order valence-corrected chi connectivity index (χ4v) is 4.70. The van der Waals surface area contributed by atoms with Gasteiger partial charge in [0.1, 0.15) is 11.4 Å². The first-order valence-electron chi connectivity index (χ1n) is 7.94. The summed E-state index contributed by atoms with van der Waals surface area (Å²) < 4.78 is 7.10. The van der Waals surface area contributed by atoms with E-state index in [0.717, 1.165) is 36.3 Å². The lowest BCUT2D eigenvalue weighted by Crippen LogP contribution is -2.26. The van der Waals surface area contributed by atoms with Gasteiger partial charge in [0.25, 0.3) is 0 Å². The second kappa shape index (κ2) is 5.14. The van der Waals surface area contributed by atoms with Gasteiger partial charge in [0.2, 0.25) is 0 Å². The lowest BCUT2D eigenvalue weighted by molar-refractivity contribution is 0.111. The Morgan fingerprint density at radius 3 is 3.12 bits per heavy atom. The minimum absolute atomic E-state index is 0.458. The molecule has 0 amide bonds. The molecule has 0 saturated heterocycles. The van der Waals surface area contributed by atoms with Crippen molar-refractivity contribution in [3.8, 4) is 11.3 Å². The van der Waals surface area contributed by atoms with Crippen molar-refractivity contribution in [1.82, 2.24) is 19.3 Å². The number of benzene rings is 1. The summed E-state index contributed by atoms with van der Waals surface area (Å²) in [5.41, 5.74) is 4.19. The third-order valence-corrected chi connectivity index (χ3v) is 5.71. The van der Waals surface area contributed by atoms with Crippen LogP contribution in [0.4, 0.5) is 0 Å². The van der Waals surface area contributed by atoms with Crippen molar-refractivity contribution in [2.45, 2.75) is 13.0 Å². The zero-order chi connectivity index (χ0) is 17.1. The molecule has 1 aliphatic rings. The van der Waals surface area contributed by atoms with E-state index in [1.165, 1.54) is 10.6 Å². The molecule has 0 spiro atoms. The number of thiazole rings is 1. The van der Waals surface area contributed by atoms with E-state index in [2.05, 4.69) is 16.9 Å². The molecule has 3 aromatic heterocycles. The van der Waals surface area contributed by atoms with E-state index in [-0.39, 0.29) is 0 Å². The molecule has 0 bridgehead atoms. The number of hydrogen-bond acceptors (Lipinski definition) is 6. The number of hydrogen-bond donors (Lipinski definition) is 1. The smallest absolute Gasteiger partial charge is 0.408 e. The summed E-state index contributed by atoms with van der Waals surface area (Å²) in [6.45, 7) is 1.85. The van der Waals surface area contributed by atoms with Crippen LogP contribution in [0.2, 0.25) is 0 Å². The van der Waals surface area contributed by atoms with Gasteiger partial charge in [-0.3, -0.25) is 14.2 Å². The maximum Gasteiger partial charge on any atom is 0.417 e. The monoisotopic (exact) mass is 354 g/mol. The number of carbonyl (C=O) groups excluding carboxylic acids is 1. The van der Waals surface area contributed by atoms with E-state index in [0.29, 0.717) is 22.5 Å². The number of aldehydes is 1. The molecule has 0 fully saturated rings. The van der Waals surface area contributed by atoms with Crippen LogP contribution in [0.15, 0.2) is 27.4 Å². The van der Waals surface area contributed by atoms with Crippen molar-refractivity contribution in [2.75, 3.05) is 13.6 Å². The summed E-state index contributed by atoms with van der Waals surface area (Å²) in [6, 6.07) is 5.35. The highest BCUT2D eigenvalue weighted by atomic mass is 32.1. The quantitative estimate of drug-likeness (QED) is 0.559. The summed E-state index contributed by atoms with van der Waals surface area (Å²) in [5, 5.41) is 0. The molecule has 25 heavy (non-hydrogen) atoms. The van der Waals surface area contributed by atoms with Crippen LogP contribution < -0.4 is 5.76 Å². The molecule has 5 rings (SSSR count). The van der Waals surface area contributed by atoms with Crippen LogP contribution in [0, 0.1) is 0 Å². The number of nitrogens with zero attached hydrogens (tertiary/aromatic N) is 3. The number of fused-ring (bicyclic) bond motifs is 4. The third kappa shape index (κ3) is 2.11. The molecule has 1 aromatic carbocycles. The van der Waals surface area contributed by atoms with Gasteiger partial charge in [0.15, 0.2) is 16.8 Å². The van der Waals surface area contributed by atoms with E-state index in [9.17, 15) is 9.59 Å². The van der Waals surface area contributed by atoms with E-state index in [1.807, 2.05) is 10.5 Å². The van der Waals surface area contributed by atoms with Crippen LogP contribution in [0.3, 0.4) is 0 Å². The highest BCUT2D eigenvalue weighted by Crippen LogP contribution is 2.33. The van der Waals surface area contributed by atoms with E-state index >= 15 is 0 Å². The number of likely N-dealkylation sites (N-methyl/N-ethyl adjacent to an activating group) is 1. The molecule has 4 heterocycles. The number of imidazole rings is 1. The average Bonchev–Trinajstić information content (AvgIpc) is 3.23. The highest BCUT2D eigenvalue weighted by Gasteiger charge is 2.24. The third-order valence-electron chi connectivity index (χ3n) is 4.64. The van der Waals surface area contributed by atoms with Crippen molar-refractivity contribution < 1.29 is 9.21 Å². The number of aromatic nitrogens is 3. The van der Waals surface area contributed by atoms with Crippen molar-refractivity contribution in [3.05, 3.63) is 45.0 Å². The maximum atomic E-state index is 11.8. The molecule has 0 saturated carbocycles. The Bertz CT molecular complexity index is 1200. The number of oxazole rings is 1. The number of aromatic amines is 1. The van der Waals surface area contributed by atoms with Gasteiger partial charge in [-0.15, -0.1) is 0 Å². The number of rotatable bonds is 2. The standard InChI is InChI=1S/C17H14N4O3S/c1-20-5-4-11-14(7-20)25-16-19-15(12(8-22)21(11)16)9-2-3-10-13(6-9)24-17(23)18-10/h2-3,6,8H,4-5,7H2,1H3,(H,18,23). The minimum Gasteiger partial charge on any atom is -0.408 e. The molecule has 8 heteroatoms. The number of H-pyrrole nitrogens is 1. The Labute approximate surface area is 145 Å². The molecule has 1 N–H and O–H groups in total. The second-order valence-corrected chi connectivity index (χ2v) is 7.33. The SMILES string of the molecule is CN1CCc2c(sc3nc(-c4ccc5[nH]c(=O)oc5c4)c(C=O)n23)C1. The van der Waals surface area contributed by atoms with Crippen LogP contribution in [0.1, 0.15) is 21.1 Å². The number of nitrogens with one attached hydrogen (secondary N) is 1. The fraction of sp³-hybridized carbons (Fsp3) is 0.235. The van der Waals surface area contributed by atoms with Crippen molar-refractivity contribution in [2.24, 2.45) is 0 Å². The van der Waals surface area contributed by atoms with Gasteiger partial charge in [-0.1, -0.05) is 17.4 Å². The molecule has 0 atom stereocenters. The van der Waals surface area contributed by atoms with Crippen LogP contribution in [-0.4, -0.2) is 39.1 Å². The minimum atomic E-state index is -0.494. The van der Waals surface area contributed by atoms with E-state index in [1.54, 1.807) is 23.5 Å². The molecule has 126 valence electrons. The molecular formula is C17H14N4O3S. The van der Waals surface area contributed by atoms with Crippen LogP contribution in [0.5, 0.6) is 0 Å². The summed E-state index contributed by atoms with van der Waals surface area (Å²) in [5.74, 6) is -0.494. The zero-order valence-corrected chi connectivity index (χ0v) is 14.2. The zero-order valence-electron chi connectivity index (χ0n) is 13.4. The van der Waals surface area contributed by atoms with Crippen LogP contribution in [-0.2, 0) is 13.0 Å². The molecule has 1 aliphatic heterocycles. The van der Waals surface area contributed by atoms with Crippen LogP contribution in [0.25, 0.3) is 27.3 Å². The molecule has 4 aromatic rings. The van der Waals surface area contributed by atoms with Gasteiger partial charge in [-0.05, 0) is 19.2 Å². The maximum absolute atomic E-state index is 11.8. The topological polar surface area (TPSA) is 83.6 Å². The van der Waals surface area contributed by atoms with Gasteiger partial charge in [-0.2, -0.15) is 0 Å². The van der Waals surface area contributed by atoms with Crippen molar-refractivity contribution in [1.29, 1.82) is 0 Å². The highest BCUT2D eigenvalue weighted by molar-refractivity contribution is 7.17. The Hall–Kier alpha value is -2.71. The fourth-order valence-electron chi connectivity index (χ4n) is 3.44. The van der Waals surface area contributed by atoms with E-state index < -0.39 is 5.76 Å². The van der Waals surface area contributed by atoms with Gasteiger partial charge >= 0.3 is 5.76 Å². The molecule has 7 nitrogen and oxygen atoms in total. The normalized spacial score (nSPS) is 15.1.